The first kappa shape index (κ1) is 32.0. The predicted octanol–water partition coefficient (Wildman–Crippen LogP) is 6.91. The van der Waals surface area contributed by atoms with Crippen LogP contribution in [0, 0.1) is 13.8 Å². The van der Waals surface area contributed by atoms with Crippen LogP contribution in [0.1, 0.15) is 63.8 Å². The molecule has 0 saturated heterocycles. The van der Waals surface area contributed by atoms with Gasteiger partial charge in [0.25, 0.3) is 0 Å². The van der Waals surface area contributed by atoms with E-state index in [1.54, 1.807) is 12.1 Å². The molecule has 0 radical (unpaired) electrons. The molecule has 2 rings (SSSR count). The van der Waals surface area contributed by atoms with Crippen LogP contribution in [-0.2, 0) is 28.2 Å². The van der Waals surface area contributed by atoms with Crippen molar-refractivity contribution < 1.29 is 27.6 Å². The minimum atomic E-state index is 0. The van der Waals surface area contributed by atoms with Crippen molar-refractivity contribution in [1.29, 1.82) is 0 Å². The molecule has 5 heteroatoms. The summed E-state index contributed by atoms with van der Waals surface area (Å²) in [5.74, 6) is 0.793. The predicted molar refractivity (Wildman–Crippen MR) is 126 cm³/mol. The van der Waals surface area contributed by atoms with Crippen LogP contribution in [-0.4, -0.2) is 16.9 Å². The van der Waals surface area contributed by atoms with Gasteiger partial charge < -0.3 is 10.2 Å². The number of rotatable bonds is 0. The summed E-state index contributed by atoms with van der Waals surface area (Å²) in [6, 6.07) is 11.4. The average Bonchev–Trinajstić information content (AvgIpc) is 2.52. The van der Waals surface area contributed by atoms with Crippen LogP contribution < -0.4 is 0 Å². The topological polar surface area (TPSA) is 40.5 Å². The van der Waals surface area contributed by atoms with Gasteiger partial charge in [-0.3, -0.25) is 0 Å². The smallest absolute Gasteiger partial charge is 0.119 e. The van der Waals surface area contributed by atoms with Crippen molar-refractivity contribution in [2.45, 2.75) is 66.2 Å². The minimum absolute atomic E-state index is 0. The molecule has 0 aliphatic heterocycles. The number of hydrogen-bond acceptors (Lipinski definition) is 2. The van der Waals surface area contributed by atoms with Crippen molar-refractivity contribution in [2.24, 2.45) is 0 Å². The average molecular weight is 465 g/mol. The molecule has 0 saturated carbocycles. The number of hydrogen-bond donors (Lipinski definition) is 2. The molecule has 28 heavy (non-hydrogen) atoms. The van der Waals surface area contributed by atoms with Crippen LogP contribution in [0.25, 0.3) is 0 Å². The summed E-state index contributed by atoms with van der Waals surface area (Å²) < 4.78 is 0. The molecule has 1 atom stereocenters. The van der Waals surface area contributed by atoms with Crippen molar-refractivity contribution in [3.05, 3.63) is 58.7 Å². The third-order valence-electron chi connectivity index (χ3n) is 3.92. The number of phenolic OH excluding ortho intramolecular Hbond substituents is 2. The van der Waals surface area contributed by atoms with Gasteiger partial charge in [0, 0.05) is 17.4 Å². The van der Waals surface area contributed by atoms with E-state index in [1.165, 1.54) is 11.1 Å². The maximum absolute atomic E-state index is 9.57. The molecule has 2 aromatic rings. The van der Waals surface area contributed by atoms with Gasteiger partial charge in [-0.2, -0.15) is 0 Å². The number of halogens is 1. The molecule has 1 unspecified atom stereocenters. The molecule has 2 N–H and O–H groups in total. The van der Waals surface area contributed by atoms with E-state index in [9.17, 15) is 10.2 Å². The Labute approximate surface area is 191 Å². The van der Waals surface area contributed by atoms with Crippen molar-refractivity contribution in [1.82, 2.24) is 0 Å². The fourth-order valence-electron chi connectivity index (χ4n) is 2.50. The number of benzene rings is 2. The van der Waals surface area contributed by atoms with Gasteiger partial charge in [0.05, 0.1) is 0 Å². The van der Waals surface area contributed by atoms with E-state index in [4.69, 9.17) is 0 Å². The fourth-order valence-corrected chi connectivity index (χ4v) is 2.50. The molecule has 0 aliphatic rings. The Morgan fingerprint density at radius 3 is 1.07 bits per heavy atom. The monoisotopic (exact) mass is 464 g/mol. The van der Waals surface area contributed by atoms with Gasteiger partial charge in [-0.15, -0.1) is 21.6 Å². The summed E-state index contributed by atoms with van der Waals surface area (Å²) in [6.45, 7) is 18.6. The second kappa shape index (κ2) is 13.5. The Hall–Kier alpha value is -0.708. The Kier molecular flexibility index (Phi) is 15.4. The fraction of sp³-hybridized carbons (Fsp3) is 0.478. The van der Waals surface area contributed by atoms with E-state index in [0.29, 0.717) is 11.5 Å². The SMILES string of the molecule is CP.Cc1ccc(O)c(C(C)(C)C)c1.Cc1ccc(O)c(C(C)(C)C)c1.Cl.[Cr]. The molecule has 0 spiro atoms. The van der Waals surface area contributed by atoms with Gasteiger partial charge in [0.1, 0.15) is 11.5 Å². The van der Waals surface area contributed by atoms with Crippen LogP contribution >= 0.6 is 21.6 Å². The minimum Gasteiger partial charge on any atom is -0.508 e. The summed E-state index contributed by atoms with van der Waals surface area (Å²) >= 11 is 0. The molecular weight excluding hydrogens is 427 g/mol. The maximum atomic E-state index is 9.57. The van der Waals surface area contributed by atoms with E-state index in [-0.39, 0.29) is 40.6 Å². The second-order valence-electron chi connectivity index (χ2n) is 8.54. The van der Waals surface area contributed by atoms with Crippen LogP contribution in [0.2, 0.25) is 0 Å². The zero-order chi connectivity index (χ0) is 20.7. The first-order valence-corrected chi connectivity index (χ1v) is 10.2. The molecule has 2 nitrogen and oxygen atoms in total. The van der Waals surface area contributed by atoms with Crippen LogP contribution in [0.3, 0.4) is 0 Å². The third kappa shape index (κ3) is 10.7. The van der Waals surface area contributed by atoms with Crippen LogP contribution in [0.4, 0.5) is 0 Å². The molecule has 0 heterocycles. The van der Waals surface area contributed by atoms with Gasteiger partial charge >= 0.3 is 0 Å². The number of phenols is 2. The van der Waals surface area contributed by atoms with Crippen LogP contribution in [0.15, 0.2) is 36.4 Å². The first-order chi connectivity index (χ1) is 11.8. The summed E-state index contributed by atoms with van der Waals surface area (Å²) in [5, 5.41) is 19.1. The first-order valence-electron chi connectivity index (χ1n) is 9.00. The quantitative estimate of drug-likeness (QED) is 0.416. The normalized spacial score (nSPS) is 10.2. The number of aryl methyl sites for hydroxylation is 2. The van der Waals surface area contributed by atoms with Gasteiger partial charge in [0.2, 0.25) is 0 Å². The summed E-state index contributed by atoms with van der Waals surface area (Å²) in [5.41, 5.74) is 4.46. The number of aromatic hydroxyl groups is 2. The molecule has 0 aliphatic carbocycles. The van der Waals surface area contributed by atoms with Gasteiger partial charge in [-0.25, -0.2) is 0 Å². The van der Waals surface area contributed by atoms with Crippen molar-refractivity contribution in [3.63, 3.8) is 0 Å². The van der Waals surface area contributed by atoms with E-state index < -0.39 is 0 Å². The standard InChI is InChI=1S/2C11H16O.CH5P.ClH.Cr/c2*1-8-5-6-10(12)9(7-8)11(2,3)4;1-2;;/h2*5-7,12H,1-4H3;2H2,1H3;1H;. The van der Waals surface area contributed by atoms with E-state index in [0.717, 1.165) is 11.1 Å². The van der Waals surface area contributed by atoms with Gasteiger partial charge in [-0.1, -0.05) is 83.6 Å². The molecular formula is C23H38ClCrO2P. The maximum Gasteiger partial charge on any atom is 0.119 e. The Morgan fingerprint density at radius 2 is 0.893 bits per heavy atom. The van der Waals surface area contributed by atoms with Crippen molar-refractivity contribution in [3.8, 4) is 11.5 Å². The molecule has 0 fully saturated rings. The molecule has 160 valence electrons. The Morgan fingerprint density at radius 1 is 0.643 bits per heavy atom. The van der Waals surface area contributed by atoms with Crippen LogP contribution in [0.5, 0.6) is 11.5 Å². The third-order valence-corrected chi connectivity index (χ3v) is 3.92. The van der Waals surface area contributed by atoms with E-state index in [1.807, 2.05) is 44.8 Å². The molecule has 0 bridgehead atoms. The molecule has 0 aromatic heterocycles. The molecule has 0 amide bonds. The van der Waals surface area contributed by atoms with E-state index >= 15 is 0 Å². The zero-order valence-corrected chi connectivity index (χ0v) is 22.0. The summed E-state index contributed by atoms with van der Waals surface area (Å²) in [4.78, 5) is 0. The summed E-state index contributed by atoms with van der Waals surface area (Å²) in [6.07, 6.45) is 0. The largest absolute Gasteiger partial charge is 0.508 e. The van der Waals surface area contributed by atoms with Gasteiger partial charge in [0.15, 0.2) is 0 Å². The molecule has 2 aromatic carbocycles. The Balaban J connectivity index is -0.000000385. The van der Waals surface area contributed by atoms with Crippen molar-refractivity contribution >= 4 is 21.6 Å². The van der Waals surface area contributed by atoms with Gasteiger partial charge in [-0.05, 0) is 47.9 Å². The Bertz CT molecular complexity index is 643. The summed E-state index contributed by atoms with van der Waals surface area (Å²) in [7, 11) is 2.42. The van der Waals surface area contributed by atoms with Crippen molar-refractivity contribution in [2.75, 3.05) is 6.66 Å². The van der Waals surface area contributed by atoms with E-state index in [2.05, 4.69) is 50.8 Å². The second-order valence-corrected chi connectivity index (χ2v) is 8.54. The zero-order valence-electron chi connectivity index (χ0n) is 18.8.